The van der Waals surface area contributed by atoms with Gasteiger partial charge in [-0.05, 0) is 23.6 Å². The molecule has 0 spiro atoms. The molecule has 1 fully saturated rings. The minimum atomic E-state index is -0.0542. The third kappa shape index (κ3) is 5.04. The molecule has 7 heteroatoms. The number of hydrogen-bond donors (Lipinski definition) is 2. The summed E-state index contributed by atoms with van der Waals surface area (Å²) in [6.45, 7) is 3.34. The van der Waals surface area contributed by atoms with Crippen LogP contribution in [0.2, 0.25) is 5.02 Å². The van der Waals surface area contributed by atoms with Gasteiger partial charge >= 0.3 is 0 Å². The third-order valence-electron chi connectivity index (χ3n) is 4.29. The summed E-state index contributed by atoms with van der Waals surface area (Å²) in [5.74, 6) is 0.114. The van der Waals surface area contributed by atoms with Crippen molar-refractivity contribution in [2.24, 2.45) is 0 Å². The number of hydrogen-bond acceptors (Lipinski definition) is 3. The number of anilines is 1. The van der Waals surface area contributed by atoms with Crippen LogP contribution >= 0.6 is 22.9 Å². The molecule has 2 amide bonds. The van der Waals surface area contributed by atoms with E-state index in [1.165, 1.54) is 4.90 Å². The average Bonchev–Trinajstić information content (AvgIpc) is 3.10. The summed E-state index contributed by atoms with van der Waals surface area (Å²) < 4.78 is 0. The quantitative estimate of drug-likeness (QED) is 0.824. The van der Waals surface area contributed by atoms with Crippen LogP contribution in [0, 0.1) is 0 Å². The van der Waals surface area contributed by atoms with Gasteiger partial charge in [0.25, 0.3) is 5.91 Å². The number of nitrogens with one attached hydrogen (secondary N) is 2. The Hall–Kier alpha value is -1.89. The number of thiophene rings is 1. The van der Waals surface area contributed by atoms with Crippen molar-refractivity contribution in [2.45, 2.75) is 6.42 Å². The molecule has 25 heavy (non-hydrogen) atoms. The number of amides is 2. The second kappa shape index (κ2) is 8.47. The SMILES string of the molecule is O=C(C[NH+]1CCN(C(=O)Cc2cccs2)CC1)Nc1ccccc1Cl. The van der Waals surface area contributed by atoms with E-state index >= 15 is 0 Å². The summed E-state index contributed by atoms with van der Waals surface area (Å²) >= 11 is 7.67. The molecule has 2 aromatic rings. The fourth-order valence-electron chi connectivity index (χ4n) is 2.91. The molecule has 3 rings (SSSR count). The molecule has 1 aliphatic rings. The first kappa shape index (κ1) is 17.9. The largest absolute Gasteiger partial charge is 0.331 e. The summed E-state index contributed by atoms with van der Waals surface area (Å²) in [5.41, 5.74) is 0.637. The van der Waals surface area contributed by atoms with Crippen molar-refractivity contribution in [3.05, 3.63) is 51.7 Å². The van der Waals surface area contributed by atoms with Crippen LogP contribution in [0.3, 0.4) is 0 Å². The van der Waals surface area contributed by atoms with E-state index in [-0.39, 0.29) is 11.8 Å². The van der Waals surface area contributed by atoms with Gasteiger partial charge < -0.3 is 15.1 Å². The van der Waals surface area contributed by atoms with Crippen LogP contribution in [0.4, 0.5) is 5.69 Å². The van der Waals surface area contributed by atoms with Gasteiger partial charge in [-0.3, -0.25) is 9.59 Å². The molecule has 1 saturated heterocycles. The lowest BCUT2D eigenvalue weighted by atomic mass is 10.2. The highest BCUT2D eigenvalue weighted by Gasteiger charge is 2.25. The Morgan fingerprint density at radius 3 is 2.60 bits per heavy atom. The number of rotatable bonds is 5. The Morgan fingerprint density at radius 2 is 1.92 bits per heavy atom. The van der Waals surface area contributed by atoms with Gasteiger partial charge in [0.1, 0.15) is 0 Å². The van der Waals surface area contributed by atoms with Gasteiger partial charge in [-0.2, -0.15) is 0 Å². The number of piperazine rings is 1. The van der Waals surface area contributed by atoms with E-state index in [9.17, 15) is 9.59 Å². The molecule has 2 N–H and O–H groups in total. The van der Waals surface area contributed by atoms with Gasteiger partial charge in [-0.25, -0.2) is 0 Å². The molecule has 2 heterocycles. The zero-order chi connectivity index (χ0) is 17.6. The Kier molecular flexibility index (Phi) is 6.07. The van der Waals surface area contributed by atoms with E-state index in [1.54, 1.807) is 23.5 Å². The van der Waals surface area contributed by atoms with Gasteiger partial charge in [0.2, 0.25) is 5.91 Å². The van der Waals surface area contributed by atoms with E-state index in [1.807, 2.05) is 34.5 Å². The number of benzene rings is 1. The van der Waals surface area contributed by atoms with Crippen molar-refractivity contribution in [1.29, 1.82) is 0 Å². The van der Waals surface area contributed by atoms with E-state index in [4.69, 9.17) is 11.6 Å². The van der Waals surface area contributed by atoms with Gasteiger partial charge in [-0.1, -0.05) is 29.8 Å². The van der Waals surface area contributed by atoms with E-state index in [0.29, 0.717) is 36.8 Å². The van der Waals surface area contributed by atoms with Crippen molar-refractivity contribution >= 4 is 40.4 Å². The van der Waals surface area contributed by atoms with Crippen molar-refractivity contribution < 1.29 is 14.5 Å². The molecule has 0 unspecified atom stereocenters. The lowest BCUT2D eigenvalue weighted by Gasteiger charge is -2.31. The molecule has 132 valence electrons. The average molecular weight is 379 g/mol. The van der Waals surface area contributed by atoms with Gasteiger partial charge in [-0.15, -0.1) is 11.3 Å². The first-order chi connectivity index (χ1) is 12.1. The molecule has 0 atom stereocenters. The highest BCUT2D eigenvalue weighted by atomic mass is 35.5. The van der Waals surface area contributed by atoms with Crippen LogP contribution in [0.15, 0.2) is 41.8 Å². The summed E-state index contributed by atoms with van der Waals surface area (Å²) in [5, 5.41) is 5.38. The molecular weight excluding hydrogens is 358 g/mol. The summed E-state index contributed by atoms with van der Waals surface area (Å²) in [4.78, 5) is 28.7. The molecular formula is C18H21ClN3O2S+. The Bertz CT molecular complexity index is 728. The van der Waals surface area contributed by atoms with Crippen molar-refractivity contribution in [3.8, 4) is 0 Å². The third-order valence-corrected chi connectivity index (χ3v) is 5.49. The highest BCUT2D eigenvalue weighted by Crippen LogP contribution is 2.19. The van der Waals surface area contributed by atoms with Crippen molar-refractivity contribution in [3.63, 3.8) is 0 Å². The topological polar surface area (TPSA) is 53.9 Å². The monoisotopic (exact) mass is 378 g/mol. The molecule has 1 aliphatic heterocycles. The fraction of sp³-hybridized carbons (Fsp3) is 0.333. The number of nitrogens with zero attached hydrogens (tertiary/aromatic N) is 1. The lowest BCUT2D eigenvalue weighted by Crippen LogP contribution is -3.15. The second-order valence-electron chi connectivity index (χ2n) is 6.09. The van der Waals surface area contributed by atoms with Crippen LogP contribution in [0.1, 0.15) is 4.88 Å². The van der Waals surface area contributed by atoms with Crippen LogP contribution in [0.25, 0.3) is 0 Å². The zero-order valence-corrected chi connectivity index (χ0v) is 15.4. The number of quaternary nitrogens is 1. The summed E-state index contributed by atoms with van der Waals surface area (Å²) in [6.07, 6.45) is 0.472. The van der Waals surface area contributed by atoms with Crippen LogP contribution in [-0.4, -0.2) is 49.4 Å². The molecule has 0 aliphatic carbocycles. The second-order valence-corrected chi connectivity index (χ2v) is 7.53. The van der Waals surface area contributed by atoms with E-state index in [0.717, 1.165) is 18.0 Å². The smallest absolute Gasteiger partial charge is 0.279 e. The van der Waals surface area contributed by atoms with Gasteiger partial charge in [0.05, 0.1) is 43.3 Å². The number of carbonyl (C=O) groups excluding carboxylic acids is 2. The predicted octanol–water partition coefficient (Wildman–Crippen LogP) is 1.31. The molecule has 5 nitrogen and oxygen atoms in total. The predicted molar refractivity (Wildman–Crippen MR) is 100 cm³/mol. The van der Waals surface area contributed by atoms with E-state index < -0.39 is 0 Å². The lowest BCUT2D eigenvalue weighted by molar-refractivity contribution is -0.895. The molecule has 1 aromatic carbocycles. The number of carbonyl (C=O) groups is 2. The zero-order valence-electron chi connectivity index (χ0n) is 13.8. The maximum Gasteiger partial charge on any atom is 0.279 e. The first-order valence-electron chi connectivity index (χ1n) is 8.30. The minimum absolute atomic E-state index is 0.0542. The standard InChI is InChI=1S/C18H20ClN3O2S/c19-15-5-1-2-6-16(15)20-17(23)13-21-7-9-22(10-8-21)18(24)12-14-4-3-11-25-14/h1-6,11H,7-10,12-13H2,(H,20,23)/p+1. The Morgan fingerprint density at radius 1 is 1.16 bits per heavy atom. The van der Waals surface area contributed by atoms with Gasteiger partial charge in [0.15, 0.2) is 6.54 Å². The number of halogens is 1. The Labute approximate surface area is 156 Å². The van der Waals surface area contributed by atoms with Crippen molar-refractivity contribution in [2.75, 3.05) is 38.0 Å². The minimum Gasteiger partial charge on any atom is -0.331 e. The van der Waals surface area contributed by atoms with Gasteiger partial charge in [0, 0.05) is 4.88 Å². The summed E-state index contributed by atoms with van der Waals surface area (Å²) in [6, 6.07) is 11.2. The van der Waals surface area contributed by atoms with Crippen LogP contribution in [-0.2, 0) is 16.0 Å². The maximum atomic E-state index is 12.3. The normalized spacial score (nSPS) is 15.2. The van der Waals surface area contributed by atoms with E-state index in [2.05, 4.69) is 5.32 Å². The first-order valence-corrected chi connectivity index (χ1v) is 9.55. The molecule has 0 radical (unpaired) electrons. The fourth-order valence-corrected chi connectivity index (χ4v) is 3.79. The molecule has 1 aromatic heterocycles. The van der Waals surface area contributed by atoms with Crippen LogP contribution in [0.5, 0.6) is 0 Å². The number of para-hydroxylation sites is 1. The summed E-state index contributed by atoms with van der Waals surface area (Å²) in [7, 11) is 0. The van der Waals surface area contributed by atoms with Crippen molar-refractivity contribution in [1.82, 2.24) is 4.90 Å². The molecule has 0 bridgehead atoms. The molecule has 0 saturated carbocycles. The maximum absolute atomic E-state index is 12.3. The Balaban J connectivity index is 1.43. The van der Waals surface area contributed by atoms with Crippen LogP contribution < -0.4 is 10.2 Å². The highest BCUT2D eigenvalue weighted by molar-refractivity contribution is 7.10.